The number of hydrogen-bond acceptors (Lipinski definition) is 9. The SMILES string of the molecule is CS(=O)(=O)OCC(OC1CCCCO1)C(COC(c1ccccc1)(c1ccccc1)c1ccccc1)OS(C)(=O)=O. The van der Waals surface area contributed by atoms with Gasteiger partial charge in [-0.1, -0.05) is 91.0 Å². The van der Waals surface area contributed by atoms with Gasteiger partial charge in [-0.2, -0.15) is 16.8 Å². The molecule has 3 atom stereocenters. The molecule has 0 saturated carbocycles. The lowest BCUT2D eigenvalue weighted by molar-refractivity contribution is -0.215. The molecular formula is C30H36O9S2. The third kappa shape index (κ3) is 8.92. The molecule has 0 bridgehead atoms. The summed E-state index contributed by atoms with van der Waals surface area (Å²) in [7, 11) is -7.91. The first-order chi connectivity index (χ1) is 19.6. The van der Waals surface area contributed by atoms with E-state index < -0.39 is 50.9 Å². The Hall–Kier alpha value is -2.64. The summed E-state index contributed by atoms with van der Waals surface area (Å²) in [5, 5.41) is 0. The molecule has 1 saturated heterocycles. The topological polar surface area (TPSA) is 114 Å². The van der Waals surface area contributed by atoms with Gasteiger partial charge in [0.05, 0.1) is 25.7 Å². The van der Waals surface area contributed by atoms with E-state index >= 15 is 0 Å². The van der Waals surface area contributed by atoms with Crippen molar-refractivity contribution in [2.45, 2.75) is 43.4 Å². The Balaban J connectivity index is 1.77. The predicted octanol–water partition coefficient (Wildman–Crippen LogP) is 4.23. The Kier molecular flexibility index (Phi) is 10.7. The zero-order chi connectivity index (χ0) is 29.3. The smallest absolute Gasteiger partial charge is 0.264 e. The van der Waals surface area contributed by atoms with Gasteiger partial charge in [0, 0.05) is 6.61 Å². The molecule has 0 amide bonds. The van der Waals surface area contributed by atoms with Crippen LogP contribution in [-0.4, -0.2) is 67.7 Å². The number of benzene rings is 3. The molecule has 11 heteroatoms. The van der Waals surface area contributed by atoms with Crippen molar-refractivity contribution < 1.29 is 39.4 Å². The van der Waals surface area contributed by atoms with Gasteiger partial charge >= 0.3 is 0 Å². The maximum absolute atomic E-state index is 12.5. The van der Waals surface area contributed by atoms with Crippen LogP contribution < -0.4 is 0 Å². The van der Waals surface area contributed by atoms with E-state index in [1.54, 1.807) is 0 Å². The third-order valence-corrected chi connectivity index (χ3v) is 7.79. The van der Waals surface area contributed by atoms with Gasteiger partial charge in [0.25, 0.3) is 20.2 Å². The molecule has 3 aromatic carbocycles. The van der Waals surface area contributed by atoms with Gasteiger partial charge in [-0.25, -0.2) is 0 Å². The quantitative estimate of drug-likeness (QED) is 0.197. The number of hydrogen-bond donors (Lipinski definition) is 0. The van der Waals surface area contributed by atoms with Crippen LogP contribution in [-0.2, 0) is 48.4 Å². The molecule has 4 rings (SSSR count). The Morgan fingerprint density at radius 3 is 1.66 bits per heavy atom. The Labute approximate surface area is 242 Å². The van der Waals surface area contributed by atoms with Crippen molar-refractivity contribution in [1.29, 1.82) is 0 Å². The summed E-state index contributed by atoms with van der Waals surface area (Å²) in [5.74, 6) is 0. The normalized spacial score (nSPS) is 18.0. The van der Waals surface area contributed by atoms with Crippen LogP contribution in [0.25, 0.3) is 0 Å². The van der Waals surface area contributed by atoms with Crippen LogP contribution in [0.5, 0.6) is 0 Å². The average Bonchev–Trinajstić information content (AvgIpc) is 2.96. The summed E-state index contributed by atoms with van der Waals surface area (Å²) < 4.78 is 77.9. The lowest BCUT2D eigenvalue weighted by Gasteiger charge is -2.38. The summed E-state index contributed by atoms with van der Waals surface area (Å²) in [4.78, 5) is 0. The fourth-order valence-electron chi connectivity index (χ4n) is 4.84. The van der Waals surface area contributed by atoms with E-state index in [4.69, 9.17) is 22.6 Å². The molecule has 1 aliphatic heterocycles. The van der Waals surface area contributed by atoms with Gasteiger partial charge in [0.15, 0.2) is 6.29 Å². The highest BCUT2D eigenvalue weighted by molar-refractivity contribution is 7.86. The largest absolute Gasteiger partial charge is 0.358 e. The van der Waals surface area contributed by atoms with E-state index in [0.717, 1.165) is 42.0 Å². The summed E-state index contributed by atoms with van der Waals surface area (Å²) >= 11 is 0. The molecule has 3 aromatic rings. The number of rotatable bonds is 14. The first kappa shape index (κ1) is 31.3. The third-order valence-electron chi connectivity index (χ3n) is 6.63. The molecule has 0 spiro atoms. The first-order valence-corrected chi connectivity index (χ1v) is 17.0. The average molecular weight is 605 g/mol. The second-order valence-corrected chi connectivity index (χ2v) is 13.1. The fourth-order valence-corrected chi connectivity index (χ4v) is 5.85. The highest BCUT2D eigenvalue weighted by Crippen LogP contribution is 2.41. The van der Waals surface area contributed by atoms with Crippen molar-refractivity contribution >= 4 is 20.2 Å². The molecule has 3 unspecified atom stereocenters. The zero-order valence-electron chi connectivity index (χ0n) is 23.1. The van der Waals surface area contributed by atoms with Crippen molar-refractivity contribution in [2.24, 2.45) is 0 Å². The Morgan fingerprint density at radius 1 is 0.732 bits per heavy atom. The van der Waals surface area contributed by atoms with E-state index in [1.165, 1.54) is 0 Å². The molecule has 0 radical (unpaired) electrons. The highest BCUT2D eigenvalue weighted by Gasteiger charge is 2.40. The van der Waals surface area contributed by atoms with E-state index in [0.29, 0.717) is 13.0 Å². The molecular weight excluding hydrogens is 568 g/mol. The Bertz CT molecular complexity index is 1330. The second-order valence-electron chi connectivity index (χ2n) is 9.89. The van der Waals surface area contributed by atoms with Crippen molar-refractivity contribution in [1.82, 2.24) is 0 Å². The zero-order valence-corrected chi connectivity index (χ0v) is 24.8. The standard InChI is InChI=1S/C30H36O9S2/c1-40(31,32)37-23-27(38-29-20-12-13-21-35-29)28(39-41(2,33)34)22-36-30(24-14-6-3-7-15-24,25-16-8-4-9-17-25)26-18-10-5-11-19-26/h3-11,14-19,27-29H,12-13,20-23H2,1-2H3. The molecule has 1 heterocycles. The minimum Gasteiger partial charge on any atom is -0.358 e. The second kappa shape index (κ2) is 14.0. The van der Waals surface area contributed by atoms with Crippen LogP contribution in [0, 0.1) is 0 Å². The van der Waals surface area contributed by atoms with E-state index in [2.05, 4.69) is 0 Å². The van der Waals surface area contributed by atoms with Gasteiger partial charge in [-0.05, 0) is 36.0 Å². The van der Waals surface area contributed by atoms with Gasteiger partial charge < -0.3 is 14.2 Å². The summed E-state index contributed by atoms with van der Waals surface area (Å²) in [6.45, 7) is -0.314. The van der Waals surface area contributed by atoms with Crippen molar-refractivity contribution in [3.05, 3.63) is 108 Å². The van der Waals surface area contributed by atoms with Crippen LogP contribution in [0.2, 0.25) is 0 Å². The van der Waals surface area contributed by atoms with Gasteiger partial charge in [-0.15, -0.1) is 0 Å². The van der Waals surface area contributed by atoms with Crippen molar-refractivity contribution in [2.75, 3.05) is 32.3 Å². The molecule has 41 heavy (non-hydrogen) atoms. The summed E-state index contributed by atoms with van der Waals surface area (Å²) in [6.07, 6.45) is 1.01. The van der Waals surface area contributed by atoms with E-state index in [1.807, 2.05) is 91.0 Å². The molecule has 1 fully saturated rings. The minimum absolute atomic E-state index is 0.295. The monoisotopic (exact) mass is 604 g/mol. The Morgan fingerprint density at radius 2 is 1.24 bits per heavy atom. The van der Waals surface area contributed by atoms with Crippen LogP contribution >= 0.6 is 0 Å². The molecule has 0 aromatic heterocycles. The lowest BCUT2D eigenvalue weighted by atomic mass is 9.80. The predicted molar refractivity (Wildman–Crippen MR) is 154 cm³/mol. The van der Waals surface area contributed by atoms with Crippen LogP contribution in [0.1, 0.15) is 36.0 Å². The molecule has 9 nitrogen and oxygen atoms in total. The van der Waals surface area contributed by atoms with E-state index in [9.17, 15) is 16.8 Å². The minimum atomic E-state index is -4.03. The highest BCUT2D eigenvalue weighted by atomic mass is 32.2. The molecule has 0 aliphatic carbocycles. The van der Waals surface area contributed by atoms with Crippen molar-refractivity contribution in [3.8, 4) is 0 Å². The number of ether oxygens (including phenoxy) is 3. The summed E-state index contributed by atoms with van der Waals surface area (Å²) in [5.41, 5.74) is 1.23. The van der Waals surface area contributed by atoms with Crippen LogP contribution in [0.4, 0.5) is 0 Å². The maximum atomic E-state index is 12.5. The van der Waals surface area contributed by atoms with Gasteiger partial charge in [-0.3, -0.25) is 8.37 Å². The van der Waals surface area contributed by atoms with Crippen molar-refractivity contribution in [3.63, 3.8) is 0 Å². The van der Waals surface area contributed by atoms with Crippen LogP contribution in [0.3, 0.4) is 0 Å². The molecule has 0 N–H and O–H groups in total. The van der Waals surface area contributed by atoms with Crippen LogP contribution in [0.15, 0.2) is 91.0 Å². The first-order valence-electron chi connectivity index (χ1n) is 13.4. The molecule has 1 aliphatic rings. The van der Waals surface area contributed by atoms with Gasteiger partial charge in [0.1, 0.15) is 17.8 Å². The molecule has 222 valence electrons. The summed E-state index contributed by atoms with van der Waals surface area (Å²) in [6, 6.07) is 28.7. The van der Waals surface area contributed by atoms with Gasteiger partial charge in [0.2, 0.25) is 0 Å². The maximum Gasteiger partial charge on any atom is 0.264 e. The lowest BCUT2D eigenvalue weighted by Crippen LogP contribution is -2.46. The van der Waals surface area contributed by atoms with E-state index in [-0.39, 0.29) is 6.61 Å². The fraction of sp³-hybridized carbons (Fsp3) is 0.400.